The minimum Gasteiger partial charge on any atom is -0.289 e. The molecule has 3 heteroatoms. The van der Waals surface area contributed by atoms with Crippen molar-refractivity contribution in [1.29, 1.82) is 0 Å². The molecule has 0 saturated carbocycles. The molecular weight excluding hydrogens is 302 g/mol. The van der Waals surface area contributed by atoms with Crippen LogP contribution in [0.5, 0.6) is 0 Å². The van der Waals surface area contributed by atoms with Gasteiger partial charge in [0.25, 0.3) is 0 Å². The van der Waals surface area contributed by atoms with Gasteiger partial charge in [0.1, 0.15) is 0 Å². The van der Waals surface area contributed by atoms with Gasteiger partial charge >= 0.3 is 17.1 Å². The molecule has 2 aliphatic rings. The molecule has 0 aromatic carbocycles. The summed E-state index contributed by atoms with van der Waals surface area (Å²) in [6, 6.07) is 3.51. The summed E-state index contributed by atoms with van der Waals surface area (Å²) in [5, 5.41) is 0. The Labute approximate surface area is 136 Å². The predicted octanol–water partition coefficient (Wildman–Crippen LogP) is 3.81. The quantitative estimate of drug-likeness (QED) is 0.367. The molecule has 0 aliphatic heterocycles. The molecule has 3 rings (SSSR count). The number of hydrogen-bond acceptors (Lipinski definition) is 2. The molecule has 0 spiro atoms. The molecule has 0 radical (unpaired) electrons. The predicted molar refractivity (Wildman–Crippen MR) is 79.8 cm³/mol. The van der Waals surface area contributed by atoms with Crippen molar-refractivity contribution in [2.75, 3.05) is 0 Å². The Morgan fingerprint density at radius 3 is 2.71 bits per heavy atom. The normalized spacial score (nSPS) is 14.6. The van der Waals surface area contributed by atoms with E-state index in [2.05, 4.69) is 23.2 Å². The molecule has 0 fully saturated rings. The maximum Gasteiger partial charge on any atom is 2.00 e. The van der Waals surface area contributed by atoms with Crippen LogP contribution in [0.25, 0.3) is 0 Å². The fraction of sp³-hybridized carbons (Fsp3) is 0.111. The molecule has 106 valence electrons. The summed E-state index contributed by atoms with van der Waals surface area (Å²) in [6.45, 7) is 0. The molecule has 0 amide bonds. The first-order chi connectivity index (χ1) is 9.86. The number of hydrogen-bond donors (Lipinski definition) is 0. The van der Waals surface area contributed by atoms with E-state index < -0.39 is 0 Å². The largest absolute Gasteiger partial charge is 2.00 e. The van der Waals surface area contributed by atoms with Crippen molar-refractivity contribution in [2.45, 2.75) is 12.8 Å². The van der Waals surface area contributed by atoms with E-state index in [1.807, 2.05) is 24.3 Å². The molecule has 21 heavy (non-hydrogen) atoms. The minimum atomic E-state index is -0.0238. The Hall–Kier alpha value is -1.96. The number of carbonyl (C=O) groups is 1. The van der Waals surface area contributed by atoms with Gasteiger partial charge in [0.15, 0.2) is 5.78 Å². The molecule has 0 saturated heterocycles. The second-order valence-corrected chi connectivity index (χ2v) is 4.20. The van der Waals surface area contributed by atoms with Crippen LogP contribution in [0.3, 0.4) is 0 Å². The van der Waals surface area contributed by atoms with E-state index in [4.69, 9.17) is 0 Å². The first-order valence-electron chi connectivity index (χ1n) is 6.47. The summed E-state index contributed by atoms with van der Waals surface area (Å²) in [7, 11) is 0. The fourth-order valence-corrected chi connectivity index (χ4v) is 1.65. The van der Waals surface area contributed by atoms with Crippen molar-refractivity contribution in [3.05, 3.63) is 90.3 Å². The van der Waals surface area contributed by atoms with Crippen LogP contribution in [-0.4, -0.2) is 10.8 Å². The van der Waals surface area contributed by atoms with Gasteiger partial charge in [0.2, 0.25) is 0 Å². The summed E-state index contributed by atoms with van der Waals surface area (Å²) in [6.07, 6.45) is 24.4. The van der Waals surface area contributed by atoms with Gasteiger partial charge in [-0.3, -0.25) is 21.9 Å². The van der Waals surface area contributed by atoms with E-state index in [9.17, 15) is 4.79 Å². The van der Waals surface area contributed by atoms with Crippen molar-refractivity contribution < 1.29 is 21.9 Å². The van der Waals surface area contributed by atoms with Gasteiger partial charge in [-0.05, 0) is 18.2 Å². The summed E-state index contributed by atoms with van der Waals surface area (Å²) < 4.78 is 0. The summed E-state index contributed by atoms with van der Waals surface area (Å²) in [5.41, 5.74) is 1.65. The van der Waals surface area contributed by atoms with Gasteiger partial charge in [-0.1, -0.05) is 0 Å². The van der Waals surface area contributed by atoms with Gasteiger partial charge in [0, 0.05) is 18.0 Å². The minimum absolute atomic E-state index is 0. The Morgan fingerprint density at radius 1 is 1.29 bits per heavy atom. The average molecular weight is 317 g/mol. The molecule has 0 atom stereocenters. The average Bonchev–Trinajstić information content (AvgIpc) is 3.21. The van der Waals surface area contributed by atoms with E-state index in [1.165, 1.54) is 0 Å². The zero-order valence-electron chi connectivity index (χ0n) is 11.5. The monoisotopic (exact) mass is 317 g/mol. The molecule has 2 nitrogen and oxygen atoms in total. The smallest absolute Gasteiger partial charge is 0.289 e. The number of nitrogens with zero attached hydrogens (tertiary/aromatic N) is 1. The molecule has 2 aliphatic carbocycles. The molecular formula is C18H15FeNO. The number of aromatic nitrogens is 1. The van der Waals surface area contributed by atoms with Crippen LogP contribution in [0.1, 0.15) is 23.2 Å². The molecule has 0 bridgehead atoms. The van der Waals surface area contributed by atoms with Gasteiger partial charge in [-0.25, -0.2) is 18.2 Å². The van der Waals surface area contributed by atoms with Crippen LogP contribution in [0.4, 0.5) is 0 Å². The van der Waals surface area contributed by atoms with Gasteiger partial charge in [-0.2, -0.15) is 17.7 Å². The Morgan fingerprint density at radius 2 is 2.19 bits per heavy atom. The van der Waals surface area contributed by atoms with Gasteiger partial charge in [0.05, 0.1) is 0 Å². The van der Waals surface area contributed by atoms with Gasteiger partial charge < -0.3 is 0 Å². The van der Waals surface area contributed by atoms with Crippen molar-refractivity contribution >= 4 is 5.78 Å². The van der Waals surface area contributed by atoms with E-state index in [0.29, 0.717) is 5.56 Å². The summed E-state index contributed by atoms with van der Waals surface area (Å²) in [5.74, 6) is -0.0238. The summed E-state index contributed by atoms with van der Waals surface area (Å²) >= 11 is 0. The summed E-state index contributed by atoms with van der Waals surface area (Å²) in [4.78, 5) is 15.5. The second kappa shape index (κ2) is 9.87. The third-order valence-electron chi connectivity index (χ3n) is 2.68. The number of carbonyl (C=O) groups excluding carboxylic acids is 1. The number of rotatable bonds is 3. The van der Waals surface area contributed by atoms with Crippen LogP contribution in [0.15, 0.2) is 72.6 Å². The molecule has 0 unspecified atom stereocenters. The number of ketones is 1. The Bertz CT molecular complexity index is 585. The molecule has 1 aromatic rings. The van der Waals surface area contributed by atoms with E-state index in [-0.39, 0.29) is 22.9 Å². The standard InChI is InChI=1S/C13H10NO.C5H5.Fe/c15-13(12-6-3-9-14-10-12)8-7-11-4-1-2-5-11;1-2-4-5-3-1;/h3-10H,1H2;1-3H,4H2;/q2*-1;+2/b8-7+;;. The topological polar surface area (TPSA) is 30.0 Å². The maximum absolute atomic E-state index is 11.6. The van der Waals surface area contributed by atoms with Crippen LogP contribution in [-0.2, 0) is 17.1 Å². The third-order valence-corrected chi connectivity index (χ3v) is 2.68. The Kier molecular flexibility index (Phi) is 8.03. The maximum atomic E-state index is 11.6. The van der Waals surface area contributed by atoms with Crippen LogP contribution in [0, 0.1) is 12.2 Å². The Balaban J connectivity index is 0.000000313. The molecule has 1 aromatic heterocycles. The zero-order valence-corrected chi connectivity index (χ0v) is 12.6. The van der Waals surface area contributed by atoms with Crippen molar-refractivity contribution in [2.24, 2.45) is 0 Å². The molecule has 1 heterocycles. The van der Waals surface area contributed by atoms with Gasteiger partial charge in [-0.15, -0.1) is 18.9 Å². The first-order valence-corrected chi connectivity index (χ1v) is 6.47. The second-order valence-electron chi connectivity index (χ2n) is 4.20. The third kappa shape index (κ3) is 6.35. The van der Waals surface area contributed by atoms with Crippen molar-refractivity contribution in [1.82, 2.24) is 4.98 Å². The van der Waals surface area contributed by atoms with Crippen molar-refractivity contribution in [3.8, 4) is 0 Å². The number of pyridine rings is 1. The SMILES string of the molecule is O=C(/C=C/C1=CC[C-]=C1)c1cccnc1.[C-]1=CC=CC1.[Fe+2]. The van der Waals surface area contributed by atoms with E-state index >= 15 is 0 Å². The van der Waals surface area contributed by atoms with E-state index in [0.717, 1.165) is 18.4 Å². The number of allylic oxidation sites excluding steroid dienone is 10. The van der Waals surface area contributed by atoms with Crippen LogP contribution in [0.2, 0.25) is 0 Å². The van der Waals surface area contributed by atoms with Crippen LogP contribution < -0.4 is 0 Å². The van der Waals surface area contributed by atoms with Crippen molar-refractivity contribution in [3.63, 3.8) is 0 Å². The fourth-order valence-electron chi connectivity index (χ4n) is 1.65. The van der Waals surface area contributed by atoms with E-state index in [1.54, 1.807) is 36.7 Å². The zero-order chi connectivity index (χ0) is 14.0. The molecule has 0 N–H and O–H groups in total. The van der Waals surface area contributed by atoms with Crippen LogP contribution >= 0.6 is 0 Å². The first kappa shape index (κ1) is 17.1.